The highest BCUT2D eigenvalue weighted by atomic mass is 32.1. The maximum Gasteiger partial charge on any atom is 0.226 e. The fraction of sp³-hybridized carbons (Fsp3) is 0.188. The van der Waals surface area contributed by atoms with Gasteiger partial charge >= 0.3 is 0 Å². The van der Waals surface area contributed by atoms with Crippen LogP contribution in [-0.2, 0) is 4.79 Å². The summed E-state index contributed by atoms with van der Waals surface area (Å²) < 4.78 is 5.46. The number of rotatable bonds is 5. The van der Waals surface area contributed by atoms with Crippen LogP contribution in [0.1, 0.15) is 19.8 Å². The van der Waals surface area contributed by atoms with Gasteiger partial charge in [-0.15, -0.1) is 0 Å². The largest absolute Gasteiger partial charge is 0.463 e. The molecule has 5 nitrogen and oxygen atoms in total. The third-order valence-corrected chi connectivity index (χ3v) is 4.07. The monoisotopic (exact) mass is 313 g/mol. The molecular formula is C16H15N3O2S. The van der Waals surface area contributed by atoms with Crippen molar-refractivity contribution in [3.63, 3.8) is 0 Å². The van der Waals surface area contributed by atoms with Crippen molar-refractivity contribution in [1.82, 2.24) is 9.97 Å². The Bertz CT molecular complexity index is 751. The summed E-state index contributed by atoms with van der Waals surface area (Å²) in [6.07, 6.45) is 6.37. The van der Waals surface area contributed by atoms with E-state index in [1.54, 1.807) is 18.7 Å². The number of carbonyl (C=O) groups is 1. The lowest BCUT2D eigenvalue weighted by Crippen LogP contribution is -2.10. The van der Waals surface area contributed by atoms with Gasteiger partial charge in [-0.3, -0.25) is 9.78 Å². The summed E-state index contributed by atoms with van der Waals surface area (Å²) in [7, 11) is 0. The second kappa shape index (κ2) is 6.53. The molecule has 0 aromatic carbocycles. The normalized spacial score (nSPS) is 10.6. The molecule has 0 saturated carbocycles. The molecule has 0 radical (unpaired) electrons. The summed E-state index contributed by atoms with van der Waals surface area (Å²) in [6.45, 7) is 1.97. The SMILES string of the molecule is CCCC(=O)Nc1nc(-c2ccco2)c(-c2ccncc2)s1. The maximum absolute atomic E-state index is 11.8. The lowest BCUT2D eigenvalue weighted by Gasteiger charge is -1.98. The van der Waals surface area contributed by atoms with Crippen molar-refractivity contribution in [3.05, 3.63) is 42.9 Å². The Kier molecular flexibility index (Phi) is 4.29. The van der Waals surface area contributed by atoms with Crippen LogP contribution in [-0.4, -0.2) is 15.9 Å². The van der Waals surface area contributed by atoms with Gasteiger partial charge in [0.15, 0.2) is 10.9 Å². The van der Waals surface area contributed by atoms with Crippen molar-refractivity contribution in [3.8, 4) is 21.9 Å². The Morgan fingerprint density at radius 2 is 2.14 bits per heavy atom. The third-order valence-electron chi connectivity index (χ3n) is 3.05. The molecule has 3 heterocycles. The van der Waals surface area contributed by atoms with Crippen LogP contribution in [0.4, 0.5) is 5.13 Å². The molecule has 3 rings (SSSR count). The second-order valence-electron chi connectivity index (χ2n) is 4.71. The highest BCUT2D eigenvalue weighted by Crippen LogP contribution is 2.38. The van der Waals surface area contributed by atoms with Gasteiger partial charge in [-0.05, 0) is 36.2 Å². The van der Waals surface area contributed by atoms with Crippen LogP contribution in [0.3, 0.4) is 0 Å². The molecule has 0 atom stereocenters. The van der Waals surface area contributed by atoms with Crippen LogP contribution in [0.15, 0.2) is 47.3 Å². The minimum absolute atomic E-state index is 0.0245. The van der Waals surface area contributed by atoms with E-state index in [-0.39, 0.29) is 5.91 Å². The number of amides is 1. The third kappa shape index (κ3) is 3.07. The zero-order chi connectivity index (χ0) is 15.4. The van der Waals surface area contributed by atoms with Gasteiger partial charge < -0.3 is 9.73 Å². The molecule has 22 heavy (non-hydrogen) atoms. The predicted molar refractivity (Wildman–Crippen MR) is 86.6 cm³/mol. The number of nitrogens with one attached hydrogen (secondary N) is 1. The van der Waals surface area contributed by atoms with Crippen LogP contribution in [0.2, 0.25) is 0 Å². The summed E-state index contributed by atoms with van der Waals surface area (Å²) in [5.74, 6) is 0.655. The van der Waals surface area contributed by atoms with Gasteiger partial charge in [0.2, 0.25) is 5.91 Å². The Morgan fingerprint density at radius 3 is 2.82 bits per heavy atom. The first-order valence-corrected chi connectivity index (χ1v) is 7.84. The molecule has 0 aliphatic heterocycles. The zero-order valence-corrected chi connectivity index (χ0v) is 12.9. The van der Waals surface area contributed by atoms with Gasteiger partial charge in [0.1, 0.15) is 5.69 Å². The average Bonchev–Trinajstić information content (AvgIpc) is 3.17. The first kappa shape index (κ1) is 14.5. The second-order valence-corrected chi connectivity index (χ2v) is 5.71. The molecule has 112 valence electrons. The first-order valence-electron chi connectivity index (χ1n) is 7.03. The number of hydrogen-bond donors (Lipinski definition) is 1. The zero-order valence-electron chi connectivity index (χ0n) is 12.1. The smallest absolute Gasteiger partial charge is 0.226 e. The van der Waals surface area contributed by atoms with E-state index in [1.807, 2.05) is 31.2 Å². The molecule has 0 bridgehead atoms. The number of aromatic nitrogens is 2. The van der Waals surface area contributed by atoms with Gasteiger partial charge in [-0.2, -0.15) is 0 Å². The number of anilines is 1. The van der Waals surface area contributed by atoms with Crippen LogP contribution in [0, 0.1) is 0 Å². The van der Waals surface area contributed by atoms with Crippen molar-refractivity contribution < 1.29 is 9.21 Å². The van der Waals surface area contributed by atoms with Gasteiger partial charge in [0, 0.05) is 18.8 Å². The fourth-order valence-corrected chi connectivity index (χ4v) is 3.05. The minimum Gasteiger partial charge on any atom is -0.463 e. The van der Waals surface area contributed by atoms with Crippen LogP contribution in [0.25, 0.3) is 21.9 Å². The number of nitrogens with zero attached hydrogens (tertiary/aromatic N) is 2. The van der Waals surface area contributed by atoms with E-state index in [0.29, 0.717) is 17.3 Å². The quantitative estimate of drug-likeness (QED) is 0.766. The van der Waals surface area contributed by atoms with E-state index in [1.165, 1.54) is 11.3 Å². The van der Waals surface area contributed by atoms with E-state index in [4.69, 9.17) is 4.42 Å². The van der Waals surface area contributed by atoms with Crippen molar-refractivity contribution in [2.45, 2.75) is 19.8 Å². The standard InChI is InChI=1S/C16H15N3O2S/c1-2-4-13(20)18-16-19-14(12-5-3-10-21-12)15(22-16)11-6-8-17-9-7-11/h3,5-10H,2,4H2,1H3,(H,18,19,20). The first-order chi connectivity index (χ1) is 10.8. The fourth-order valence-electron chi connectivity index (χ4n) is 2.06. The van der Waals surface area contributed by atoms with E-state index in [2.05, 4.69) is 15.3 Å². The summed E-state index contributed by atoms with van der Waals surface area (Å²) in [5.41, 5.74) is 1.72. The topological polar surface area (TPSA) is 68.0 Å². The van der Waals surface area contributed by atoms with Crippen molar-refractivity contribution >= 4 is 22.4 Å². The minimum atomic E-state index is -0.0245. The molecule has 3 aromatic heterocycles. The molecular weight excluding hydrogens is 298 g/mol. The molecule has 0 fully saturated rings. The lowest BCUT2D eigenvalue weighted by atomic mass is 10.2. The Morgan fingerprint density at radius 1 is 1.32 bits per heavy atom. The highest BCUT2D eigenvalue weighted by Gasteiger charge is 2.17. The molecule has 1 amide bonds. The van der Waals surface area contributed by atoms with Gasteiger partial charge in [0.05, 0.1) is 11.1 Å². The Labute approximate surface area is 132 Å². The lowest BCUT2D eigenvalue weighted by molar-refractivity contribution is -0.116. The summed E-state index contributed by atoms with van der Waals surface area (Å²) in [6, 6.07) is 7.51. The van der Waals surface area contributed by atoms with E-state index >= 15 is 0 Å². The van der Waals surface area contributed by atoms with Crippen molar-refractivity contribution in [2.75, 3.05) is 5.32 Å². The van der Waals surface area contributed by atoms with Gasteiger partial charge in [0.25, 0.3) is 0 Å². The van der Waals surface area contributed by atoms with Gasteiger partial charge in [-0.25, -0.2) is 4.98 Å². The molecule has 1 N–H and O–H groups in total. The molecule has 3 aromatic rings. The van der Waals surface area contributed by atoms with Crippen molar-refractivity contribution in [2.24, 2.45) is 0 Å². The van der Waals surface area contributed by atoms with E-state index in [0.717, 1.165) is 22.6 Å². The number of carbonyl (C=O) groups excluding carboxylic acids is 1. The Hall–Kier alpha value is -2.47. The predicted octanol–water partition coefficient (Wildman–Crippen LogP) is 4.20. The molecule has 0 unspecified atom stereocenters. The van der Waals surface area contributed by atoms with E-state index in [9.17, 15) is 4.79 Å². The number of thiazole rings is 1. The van der Waals surface area contributed by atoms with Gasteiger partial charge in [-0.1, -0.05) is 18.3 Å². The summed E-state index contributed by atoms with van der Waals surface area (Å²) in [4.78, 5) is 21.3. The maximum atomic E-state index is 11.8. The molecule has 6 heteroatoms. The summed E-state index contributed by atoms with van der Waals surface area (Å²) >= 11 is 1.43. The molecule has 0 aliphatic rings. The number of hydrogen-bond acceptors (Lipinski definition) is 5. The van der Waals surface area contributed by atoms with Crippen LogP contribution in [0.5, 0.6) is 0 Å². The molecule has 0 saturated heterocycles. The van der Waals surface area contributed by atoms with Crippen molar-refractivity contribution in [1.29, 1.82) is 0 Å². The number of pyridine rings is 1. The number of furan rings is 1. The Balaban J connectivity index is 2.00. The molecule has 0 spiro atoms. The average molecular weight is 313 g/mol. The highest BCUT2D eigenvalue weighted by molar-refractivity contribution is 7.19. The summed E-state index contributed by atoms with van der Waals surface area (Å²) in [5, 5.41) is 3.43. The van der Waals surface area contributed by atoms with E-state index < -0.39 is 0 Å². The van der Waals surface area contributed by atoms with Crippen LogP contribution >= 0.6 is 11.3 Å². The van der Waals surface area contributed by atoms with Crippen LogP contribution < -0.4 is 5.32 Å². The molecule has 0 aliphatic carbocycles.